The molecular formula is C21H19N9. The Bertz CT molecular complexity index is 1310. The highest BCUT2D eigenvalue weighted by Crippen LogP contribution is 2.24. The molecule has 0 spiro atoms. The van der Waals surface area contributed by atoms with E-state index in [0.717, 1.165) is 22.4 Å². The molecule has 0 aliphatic carbocycles. The molecule has 3 aromatic heterocycles. The van der Waals surface area contributed by atoms with Gasteiger partial charge in [0.2, 0.25) is 5.95 Å². The molecule has 30 heavy (non-hydrogen) atoms. The summed E-state index contributed by atoms with van der Waals surface area (Å²) >= 11 is 0. The third-order valence-corrected chi connectivity index (χ3v) is 4.96. The van der Waals surface area contributed by atoms with Gasteiger partial charge in [-0.05, 0) is 47.2 Å². The lowest BCUT2D eigenvalue weighted by Gasteiger charge is -2.14. The fraction of sp³-hybridized carbons (Fsp3) is 0.143. The molecule has 3 heterocycles. The van der Waals surface area contributed by atoms with Crippen molar-refractivity contribution in [3.63, 3.8) is 0 Å². The summed E-state index contributed by atoms with van der Waals surface area (Å²) in [5.74, 6) is 1.97. The molecule has 0 saturated carbocycles. The third kappa shape index (κ3) is 3.26. The molecule has 0 aliphatic rings. The van der Waals surface area contributed by atoms with Crippen LogP contribution in [0.2, 0.25) is 0 Å². The summed E-state index contributed by atoms with van der Waals surface area (Å²) < 4.78 is 3.57. The van der Waals surface area contributed by atoms with Crippen LogP contribution in [0.3, 0.4) is 0 Å². The van der Waals surface area contributed by atoms with E-state index >= 15 is 0 Å². The van der Waals surface area contributed by atoms with Gasteiger partial charge in [0, 0.05) is 18.8 Å². The van der Waals surface area contributed by atoms with Crippen molar-refractivity contribution in [2.24, 2.45) is 7.05 Å². The first-order valence-electron chi connectivity index (χ1n) is 9.54. The van der Waals surface area contributed by atoms with Crippen LogP contribution in [0.4, 0.5) is 5.95 Å². The number of nitrogens with zero attached hydrogens (tertiary/aromatic N) is 8. The van der Waals surface area contributed by atoms with E-state index in [9.17, 15) is 0 Å². The molecule has 0 amide bonds. The molecule has 0 aliphatic heterocycles. The number of imidazole rings is 1. The van der Waals surface area contributed by atoms with Gasteiger partial charge in [-0.1, -0.05) is 30.3 Å². The molecule has 0 unspecified atom stereocenters. The molecule has 9 nitrogen and oxygen atoms in total. The van der Waals surface area contributed by atoms with E-state index in [1.165, 1.54) is 5.56 Å². The Morgan fingerprint density at radius 1 is 1.00 bits per heavy atom. The Morgan fingerprint density at radius 3 is 2.67 bits per heavy atom. The zero-order valence-electron chi connectivity index (χ0n) is 16.5. The van der Waals surface area contributed by atoms with Crippen molar-refractivity contribution in [3.05, 3.63) is 72.7 Å². The van der Waals surface area contributed by atoms with Crippen LogP contribution in [0.1, 0.15) is 18.5 Å². The Hall–Kier alpha value is -4.14. The Balaban J connectivity index is 1.50. The van der Waals surface area contributed by atoms with Crippen LogP contribution in [0, 0.1) is 0 Å². The first kappa shape index (κ1) is 17.9. The third-order valence-electron chi connectivity index (χ3n) is 4.96. The van der Waals surface area contributed by atoms with Crippen LogP contribution >= 0.6 is 0 Å². The van der Waals surface area contributed by atoms with Crippen molar-refractivity contribution in [1.29, 1.82) is 0 Å². The number of aromatic nitrogens is 8. The number of rotatable bonds is 5. The first-order valence-corrected chi connectivity index (χ1v) is 9.54. The molecule has 148 valence electrons. The number of tetrazole rings is 1. The molecule has 0 fully saturated rings. The first-order chi connectivity index (χ1) is 14.7. The van der Waals surface area contributed by atoms with Gasteiger partial charge in [0.1, 0.15) is 12.1 Å². The predicted molar refractivity (Wildman–Crippen MR) is 113 cm³/mol. The second kappa shape index (κ2) is 7.36. The van der Waals surface area contributed by atoms with Gasteiger partial charge in [-0.25, -0.2) is 14.6 Å². The van der Waals surface area contributed by atoms with E-state index in [1.807, 2.05) is 54.1 Å². The summed E-state index contributed by atoms with van der Waals surface area (Å²) in [6, 6.07) is 18.1. The lowest BCUT2D eigenvalue weighted by Crippen LogP contribution is -2.10. The maximum absolute atomic E-state index is 4.70. The highest BCUT2D eigenvalue weighted by molar-refractivity contribution is 5.82. The van der Waals surface area contributed by atoms with Gasteiger partial charge in [-0.2, -0.15) is 4.98 Å². The number of aryl methyl sites for hydroxylation is 1. The minimum Gasteiger partial charge on any atom is -0.348 e. The molecule has 0 radical (unpaired) electrons. The van der Waals surface area contributed by atoms with Gasteiger partial charge in [0.05, 0.1) is 17.1 Å². The van der Waals surface area contributed by atoms with Crippen molar-refractivity contribution in [1.82, 2.24) is 39.7 Å². The maximum atomic E-state index is 4.70. The van der Waals surface area contributed by atoms with Gasteiger partial charge in [0.15, 0.2) is 5.82 Å². The summed E-state index contributed by atoms with van der Waals surface area (Å²) in [6.07, 6.45) is 3.50. The fourth-order valence-corrected chi connectivity index (χ4v) is 3.37. The van der Waals surface area contributed by atoms with Crippen LogP contribution in [0.15, 0.2) is 67.1 Å². The topological polar surface area (TPSA) is 99.2 Å². The largest absolute Gasteiger partial charge is 0.348 e. The van der Waals surface area contributed by atoms with E-state index in [2.05, 4.69) is 49.9 Å². The number of hydrogen-bond donors (Lipinski definition) is 1. The Labute approximate surface area is 172 Å². The molecule has 5 rings (SSSR count). The van der Waals surface area contributed by atoms with Crippen molar-refractivity contribution in [3.8, 4) is 17.2 Å². The quantitative estimate of drug-likeness (QED) is 0.486. The minimum absolute atomic E-state index is 0.0796. The van der Waals surface area contributed by atoms with Gasteiger partial charge >= 0.3 is 0 Å². The maximum Gasteiger partial charge on any atom is 0.225 e. The second-order valence-corrected chi connectivity index (χ2v) is 6.96. The van der Waals surface area contributed by atoms with Gasteiger partial charge in [0.25, 0.3) is 0 Å². The fourth-order valence-electron chi connectivity index (χ4n) is 3.37. The monoisotopic (exact) mass is 397 g/mol. The number of benzene rings is 2. The van der Waals surface area contributed by atoms with Crippen molar-refractivity contribution >= 4 is 17.0 Å². The van der Waals surface area contributed by atoms with Crippen molar-refractivity contribution < 1.29 is 0 Å². The molecule has 0 bridgehead atoms. The summed E-state index contributed by atoms with van der Waals surface area (Å²) in [5, 5.41) is 15.1. The van der Waals surface area contributed by atoms with Crippen LogP contribution in [-0.2, 0) is 7.05 Å². The number of nitrogens with one attached hydrogen (secondary N) is 1. The lowest BCUT2D eigenvalue weighted by atomic mass is 10.1. The highest BCUT2D eigenvalue weighted by Gasteiger charge is 2.12. The van der Waals surface area contributed by atoms with Crippen LogP contribution < -0.4 is 5.32 Å². The van der Waals surface area contributed by atoms with E-state index < -0.39 is 0 Å². The molecule has 9 heteroatoms. The molecular weight excluding hydrogens is 378 g/mol. The summed E-state index contributed by atoms with van der Waals surface area (Å²) in [6.45, 7) is 2.08. The number of anilines is 1. The van der Waals surface area contributed by atoms with Crippen LogP contribution in [0.25, 0.3) is 28.2 Å². The number of fused-ring (bicyclic) bond motifs is 1. The minimum atomic E-state index is 0.0796. The molecule has 1 atom stereocenters. The molecule has 1 N–H and O–H groups in total. The van der Waals surface area contributed by atoms with Crippen molar-refractivity contribution in [2.45, 2.75) is 13.0 Å². The SMILES string of the molecule is C[C@H](Nc1nccc(-n2cnc3ccc(-c4nnnn4C)cc32)n1)c1ccccc1. The van der Waals surface area contributed by atoms with E-state index in [1.54, 1.807) is 17.2 Å². The predicted octanol–water partition coefficient (Wildman–Crippen LogP) is 3.18. The Morgan fingerprint density at radius 2 is 1.87 bits per heavy atom. The standard InChI is InChI=1S/C21H19N9/c1-14(15-6-4-3-5-7-15)24-21-22-11-10-19(25-21)30-13-23-17-9-8-16(12-18(17)30)20-26-27-28-29(20)2/h3-14H,1-2H3,(H,22,24,25)/t14-/m0/s1. The summed E-state index contributed by atoms with van der Waals surface area (Å²) in [4.78, 5) is 13.6. The smallest absolute Gasteiger partial charge is 0.225 e. The van der Waals surface area contributed by atoms with Gasteiger partial charge < -0.3 is 5.32 Å². The summed E-state index contributed by atoms with van der Waals surface area (Å²) in [7, 11) is 1.81. The molecule has 2 aromatic carbocycles. The van der Waals surface area contributed by atoms with Crippen LogP contribution in [-0.4, -0.2) is 39.7 Å². The van der Waals surface area contributed by atoms with Gasteiger partial charge in [-0.3, -0.25) is 4.57 Å². The average molecular weight is 397 g/mol. The second-order valence-electron chi connectivity index (χ2n) is 6.96. The highest BCUT2D eigenvalue weighted by atomic mass is 15.5. The van der Waals surface area contributed by atoms with Crippen molar-refractivity contribution in [2.75, 3.05) is 5.32 Å². The lowest BCUT2D eigenvalue weighted by molar-refractivity contribution is 0.715. The average Bonchev–Trinajstić information content (AvgIpc) is 3.40. The summed E-state index contributed by atoms with van der Waals surface area (Å²) in [5.41, 5.74) is 3.85. The van der Waals surface area contributed by atoms with E-state index in [0.29, 0.717) is 11.8 Å². The van der Waals surface area contributed by atoms with E-state index in [-0.39, 0.29) is 6.04 Å². The zero-order valence-corrected chi connectivity index (χ0v) is 16.5. The normalized spacial score (nSPS) is 12.2. The molecule has 0 saturated heterocycles. The van der Waals surface area contributed by atoms with Gasteiger partial charge in [-0.15, -0.1) is 5.10 Å². The molecule has 5 aromatic rings. The Kier molecular flexibility index (Phi) is 4.40. The van der Waals surface area contributed by atoms with Crippen LogP contribution in [0.5, 0.6) is 0 Å². The zero-order chi connectivity index (χ0) is 20.5. The van der Waals surface area contributed by atoms with E-state index in [4.69, 9.17) is 4.98 Å². The number of hydrogen-bond acceptors (Lipinski definition) is 7.